The number of carboxylic acids is 1. The van der Waals surface area contributed by atoms with Crippen LogP contribution in [0.25, 0.3) is 11.1 Å². The maximum Gasteiger partial charge on any atom is 1.00 e. The van der Waals surface area contributed by atoms with E-state index in [4.69, 9.17) is 9.90 Å². The van der Waals surface area contributed by atoms with Crippen molar-refractivity contribution in [2.75, 3.05) is 0 Å². The summed E-state index contributed by atoms with van der Waals surface area (Å²) in [5.74, 6) is -0.810. The van der Waals surface area contributed by atoms with Crippen molar-refractivity contribution in [2.24, 2.45) is 0 Å². The van der Waals surface area contributed by atoms with Gasteiger partial charge in [-0.15, -0.1) is 0 Å². The molecule has 0 saturated heterocycles. The molecule has 0 aliphatic heterocycles. The van der Waals surface area contributed by atoms with Gasteiger partial charge in [0.05, 0.1) is 0 Å². The minimum Gasteiger partial charge on any atom is 1.00 e. The molecule has 180 valence electrons. The minimum absolute atomic E-state index is 0. The zero-order chi connectivity index (χ0) is 25.0. The Morgan fingerprint density at radius 2 is 1.06 bits per heavy atom. The average Bonchev–Trinajstić information content (AvgIpc) is 3.65. The molecule has 0 atom stereocenters. The van der Waals surface area contributed by atoms with E-state index in [-0.39, 0.29) is 70.1 Å². The second-order valence-corrected chi connectivity index (χ2v) is 15.3. The Kier molecular flexibility index (Phi) is 14.9. The summed E-state index contributed by atoms with van der Waals surface area (Å²) in [4.78, 5) is 40.9. The maximum atomic E-state index is 11.7. The van der Waals surface area contributed by atoms with Crippen molar-refractivity contribution in [3.05, 3.63) is 98.2 Å². The molecule has 0 aromatic carbocycles. The SMILES string of the molecule is C1=C(c2ccc[se]2)CC(c2ccc[se]2)=C1.CC(=O)[O-].O=C(CCC(=O)c1ccc[se]1)c1ccc[se]1.[Na+]. The summed E-state index contributed by atoms with van der Waals surface area (Å²) >= 11 is 1.56. The molecule has 5 rings (SSSR count). The predicted octanol–water partition coefficient (Wildman–Crippen LogP) is 0.0779. The number of ketones is 2. The van der Waals surface area contributed by atoms with Gasteiger partial charge in [0.25, 0.3) is 0 Å². The van der Waals surface area contributed by atoms with E-state index in [1.54, 1.807) is 20.0 Å². The van der Waals surface area contributed by atoms with Gasteiger partial charge in [0.1, 0.15) is 0 Å². The van der Waals surface area contributed by atoms with Crippen LogP contribution in [0.15, 0.2) is 80.4 Å². The molecule has 0 saturated carbocycles. The van der Waals surface area contributed by atoms with Crippen molar-refractivity contribution < 1.29 is 49.0 Å². The summed E-state index contributed by atoms with van der Waals surface area (Å²) < 4.78 is 4.91. The molecule has 0 N–H and O–H groups in total. The van der Waals surface area contributed by atoms with Gasteiger partial charge < -0.3 is 9.90 Å². The predicted molar refractivity (Wildman–Crippen MR) is 143 cm³/mol. The number of carboxylic acid groups (broad SMARTS) is 1. The normalized spacial score (nSPS) is 11.6. The van der Waals surface area contributed by atoms with Gasteiger partial charge in [0.15, 0.2) is 0 Å². The third kappa shape index (κ3) is 10.6. The smallest absolute Gasteiger partial charge is 1.00 e. The van der Waals surface area contributed by atoms with Crippen molar-refractivity contribution >= 4 is 86.7 Å². The number of allylic oxidation sites excluding steroid dienone is 4. The molecule has 0 unspecified atom stereocenters. The fourth-order valence-electron chi connectivity index (χ4n) is 3.13. The Labute approximate surface area is 257 Å². The molecule has 0 radical (unpaired) electrons. The van der Waals surface area contributed by atoms with Crippen LogP contribution in [0.2, 0.25) is 0 Å². The van der Waals surface area contributed by atoms with E-state index < -0.39 is 5.97 Å². The van der Waals surface area contributed by atoms with Gasteiger partial charge in [-0.1, -0.05) is 0 Å². The second-order valence-electron chi connectivity index (χ2n) is 7.31. The first kappa shape index (κ1) is 31.5. The number of hydrogen-bond donors (Lipinski definition) is 0. The summed E-state index contributed by atoms with van der Waals surface area (Å²) in [6.45, 7) is 0.972. The average molecular weight is 750 g/mol. The van der Waals surface area contributed by atoms with Crippen molar-refractivity contribution in [3.8, 4) is 0 Å². The molecular weight excluding hydrogens is 727 g/mol. The molecule has 4 nitrogen and oxygen atoms in total. The van der Waals surface area contributed by atoms with Crippen LogP contribution in [0.3, 0.4) is 0 Å². The first-order valence-electron chi connectivity index (χ1n) is 10.7. The molecule has 0 fully saturated rings. The summed E-state index contributed by atoms with van der Waals surface area (Å²) in [5.41, 5.74) is 3.08. The summed E-state index contributed by atoms with van der Waals surface area (Å²) in [7, 11) is 0. The minimum atomic E-state index is -1.08. The summed E-state index contributed by atoms with van der Waals surface area (Å²) in [6, 6.07) is 16.5. The van der Waals surface area contributed by atoms with Gasteiger partial charge >= 0.3 is 237 Å². The van der Waals surface area contributed by atoms with Crippen LogP contribution >= 0.6 is 0 Å². The fourth-order valence-corrected chi connectivity index (χ4v) is 9.20. The number of carbonyl (C=O) groups excluding carboxylic acids is 3. The van der Waals surface area contributed by atoms with E-state index in [9.17, 15) is 9.59 Å². The molecule has 4 aromatic rings. The number of hydrogen-bond acceptors (Lipinski definition) is 4. The van der Waals surface area contributed by atoms with Crippen LogP contribution in [0.1, 0.15) is 53.5 Å². The second kappa shape index (κ2) is 17.0. The van der Waals surface area contributed by atoms with Crippen molar-refractivity contribution in [1.82, 2.24) is 0 Å². The molecule has 36 heavy (non-hydrogen) atoms. The molecule has 1 aliphatic carbocycles. The van der Waals surface area contributed by atoms with Crippen LogP contribution < -0.4 is 34.7 Å². The van der Waals surface area contributed by atoms with Gasteiger partial charge in [0, 0.05) is 5.97 Å². The number of aliphatic carboxylic acids is 1. The molecule has 9 heteroatoms. The zero-order valence-electron chi connectivity index (χ0n) is 20.0. The van der Waals surface area contributed by atoms with Gasteiger partial charge in [0.2, 0.25) is 0 Å². The first-order valence-corrected chi connectivity index (χ1v) is 18.1. The van der Waals surface area contributed by atoms with Gasteiger partial charge in [-0.2, -0.15) is 0 Å². The zero-order valence-corrected chi connectivity index (χ0v) is 28.8. The van der Waals surface area contributed by atoms with E-state index in [0.717, 1.165) is 22.2 Å². The number of Topliss-reactive ketones (excluding diaryl/α,β-unsaturated/α-hetero) is 2. The van der Waals surface area contributed by atoms with Crippen LogP contribution in [0.4, 0.5) is 0 Å². The third-order valence-electron chi connectivity index (χ3n) is 4.71. The van der Waals surface area contributed by atoms with Crippen molar-refractivity contribution in [3.63, 3.8) is 0 Å². The molecule has 0 bridgehead atoms. The number of rotatable bonds is 7. The molecule has 0 amide bonds. The molecule has 4 heterocycles. The van der Waals surface area contributed by atoms with E-state index in [0.29, 0.717) is 41.8 Å². The standard InChI is InChI=1S/C13H10Se2.C12H10O2Se2.C2H4O2.Na/c1-3-12(14-7-1)10-5-6-11(9-10)13-4-2-8-15-13;13-9(11-3-1-7-15-11)5-6-10(14)12-4-2-8-16-12;1-2(3)4;/h1-8H,9H2;1-4,7-8H,5-6H2;1H3,(H,3,4);/q;;;+1/p-1. The molecule has 0 spiro atoms. The Balaban J connectivity index is 0.000000216. The van der Waals surface area contributed by atoms with Gasteiger partial charge in [-0.05, 0) is 6.92 Å². The largest absolute Gasteiger partial charge is 1.00 e. The van der Waals surface area contributed by atoms with E-state index in [1.165, 1.54) is 0 Å². The van der Waals surface area contributed by atoms with Crippen molar-refractivity contribution in [2.45, 2.75) is 26.2 Å². The van der Waals surface area contributed by atoms with E-state index in [1.807, 2.05) is 34.1 Å². The van der Waals surface area contributed by atoms with Crippen LogP contribution in [-0.2, 0) is 4.79 Å². The quantitative estimate of drug-likeness (QED) is 0.199. The Hall–Kier alpha value is -0.712. The van der Waals surface area contributed by atoms with Gasteiger partial charge in [-0.25, -0.2) is 0 Å². The van der Waals surface area contributed by atoms with Crippen molar-refractivity contribution in [1.29, 1.82) is 0 Å². The molecule has 1 aliphatic rings. The summed E-state index contributed by atoms with van der Waals surface area (Å²) in [5, 5.41) is 8.89. The van der Waals surface area contributed by atoms with E-state index in [2.05, 4.69) is 46.3 Å². The van der Waals surface area contributed by atoms with Gasteiger partial charge in [-0.3, -0.25) is 0 Å². The topological polar surface area (TPSA) is 74.3 Å². The Bertz CT molecular complexity index is 1170. The van der Waals surface area contributed by atoms with Crippen LogP contribution in [0, 0.1) is 0 Å². The monoisotopic (exact) mass is 754 g/mol. The van der Waals surface area contributed by atoms with Crippen LogP contribution in [0.5, 0.6) is 0 Å². The third-order valence-corrected chi connectivity index (χ3v) is 12.5. The molecular formula is C27H23NaO4Se4. The maximum absolute atomic E-state index is 11.7. The first-order chi connectivity index (χ1) is 16.9. The van der Waals surface area contributed by atoms with Crippen LogP contribution in [-0.4, -0.2) is 75.6 Å². The number of carbonyl (C=O) groups is 3. The Morgan fingerprint density at radius 3 is 1.36 bits per heavy atom. The Morgan fingerprint density at radius 1 is 0.694 bits per heavy atom. The van der Waals surface area contributed by atoms with E-state index >= 15 is 0 Å². The fraction of sp³-hybridized carbons (Fsp3) is 0.148. The summed E-state index contributed by atoms with van der Waals surface area (Å²) in [6.07, 6.45) is 6.50. The molecule has 4 aromatic heterocycles.